The lowest BCUT2D eigenvalue weighted by molar-refractivity contribution is -0.111. The molecule has 11 heteroatoms. The highest BCUT2D eigenvalue weighted by Gasteiger charge is 2.26. The minimum atomic E-state index is -0.540. The second-order valence-electron chi connectivity index (χ2n) is 8.59. The SMILES string of the molecule is C/C=C/C(=O)Nc1cccc(CN2CC[C@H](NC(=O)c3[nH]ncc3NC(=O)c3c(Cl)cccc3Cl)C2)c1. The van der Waals surface area contributed by atoms with Crippen LogP contribution in [0.15, 0.2) is 60.8 Å². The fraction of sp³-hybridized carbons (Fsp3) is 0.231. The smallest absolute Gasteiger partial charge is 0.271 e. The molecule has 0 aliphatic carbocycles. The van der Waals surface area contributed by atoms with Gasteiger partial charge in [0.05, 0.1) is 27.5 Å². The van der Waals surface area contributed by atoms with Crippen LogP contribution in [0.2, 0.25) is 10.0 Å². The van der Waals surface area contributed by atoms with Gasteiger partial charge < -0.3 is 16.0 Å². The van der Waals surface area contributed by atoms with Crippen molar-refractivity contribution in [3.8, 4) is 0 Å². The van der Waals surface area contributed by atoms with Gasteiger partial charge in [-0.05, 0) is 49.2 Å². The molecule has 4 N–H and O–H groups in total. The molecule has 4 rings (SSSR count). The summed E-state index contributed by atoms with van der Waals surface area (Å²) in [6.07, 6.45) is 5.30. The second kappa shape index (κ2) is 12.1. The average molecular weight is 541 g/mol. The van der Waals surface area contributed by atoms with Gasteiger partial charge in [-0.15, -0.1) is 0 Å². The summed E-state index contributed by atoms with van der Waals surface area (Å²) >= 11 is 12.2. The van der Waals surface area contributed by atoms with Crippen LogP contribution in [-0.4, -0.2) is 52.0 Å². The number of rotatable bonds is 8. The van der Waals surface area contributed by atoms with Gasteiger partial charge in [0.2, 0.25) is 5.91 Å². The van der Waals surface area contributed by atoms with Crippen LogP contribution >= 0.6 is 23.2 Å². The maximum Gasteiger partial charge on any atom is 0.271 e. The molecule has 0 unspecified atom stereocenters. The number of halogens is 2. The second-order valence-corrected chi connectivity index (χ2v) is 9.41. The van der Waals surface area contributed by atoms with Crippen molar-refractivity contribution < 1.29 is 14.4 Å². The van der Waals surface area contributed by atoms with Crippen LogP contribution in [0.25, 0.3) is 0 Å². The molecule has 9 nitrogen and oxygen atoms in total. The Balaban J connectivity index is 1.33. The van der Waals surface area contributed by atoms with Crippen molar-refractivity contribution in [3.63, 3.8) is 0 Å². The third-order valence-corrected chi connectivity index (χ3v) is 6.46. The Kier molecular flexibility index (Phi) is 8.60. The number of likely N-dealkylation sites (tertiary alicyclic amines) is 1. The number of aromatic amines is 1. The first-order valence-electron chi connectivity index (χ1n) is 11.7. The lowest BCUT2D eigenvalue weighted by Crippen LogP contribution is -2.37. The van der Waals surface area contributed by atoms with E-state index in [0.717, 1.165) is 24.2 Å². The van der Waals surface area contributed by atoms with Crippen LogP contribution in [0, 0.1) is 0 Å². The van der Waals surface area contributed by atoms with Gasteiger partial charge in [0.15, 0.2) is 0 Å². The van der Waals surface area contributed by atoms with Gasteiger partial charge in [0.25, 0.3) is 11.8 Å². The highest BCUT2D eigenvalue weighted by atomic mass is 35.5. The number of hydrogen-bond donors (Lipinski definition) is 4. The van der Waals surface area contributed by atoms with E-state index >= 15 is 0 Å². The zero-order valence-corrected chi connectivity index (χ0v) is 21.6. The van der Waals surface area contributed by atoms with Crippen LogP contribution in [0.5, 0.6) is 0 Å². The summed E-state index contributed by atoms with van der Waals surface area (Å²) in [5.74, 6) is -1.09. The summed E-state index contributed by atoms with van der Waals surface area (Å²) in [6, 6.07) is 12.4. The van der Waals surface area contributed by atoms with Crippen molar-refractivity contribution in [2.24, 2.45) is 0 Å². The lowest BCUT2D eigenvalue weighted by Gasteiger charge is -2.17. The Morgan fingerprint density at radius 3 is 2.62 bits per heavy atom. The van der Waals surface area contributed by atoms with Gasteiger partial charge in [-0.25, -0.2) is 0 Å². The number of carbonyl (C=O) groups is 3. The predicted molar refractivity (Wildman–Crippen MR) is 144 cm³/mol. The molecule has 1 aliphatic rings. The molecule has 37 heavy (non-hydrogen) atoms. The quantitative estimate of drug-likeness (QED) is 0.314. The largest absolute Gasteiger partial charge is 0.347 e. The Bertz CT molecular complexity index is 1320. The van der Waals surface area contributed by atoms with E-state index in [2.05, 4.69) is 31.0 Å². The first-order chi connectivity index (χ1) is 17.8. The van der Waals surface area contributed by atoms with Crippen LogP contribution in [0.3, 0.4) is 0 Å². The molecule has 0 spiro atoms. The topological polar surface area (TPSA) is 119 Å². The van der Waals surface area contributed by atoms with E-state index in [1.54, 1.807) is 31.2 Å². The van der Waals surface area contributed by atoms with Gasteiger partial charge in [-0.3, -0.25) is 24.4 Å². The predicted octanol–water partition coefficient (Wildman–Crippen LogP) is 4.49. The summed E-state index contributed by atoms with van der Waals surface area (Å²) in [4.78, 5) is 39.7. The molecule has 1 atom stereocenters. The fourth-order valence-electron chi connectivity index (χ4n) is 4.15. The van der Waals surface area contributed by atoms with E-state index in [4.69, 9.17) is 23.2 Å². The summed E-state index contributed by atoms with van der Waals surface area (Å²) < 4.78 is 0. The molecule has 1 fully saturated rings. The standard InChI is InChI=1S/C26H26Cl2N6O3/c1-2-5-22(35)30-17-7-3-6-16(12-17)14-34-11-10-18(15-34)31-26(37)24-21(13-29-33-24)32-25(36)23-19(27)8-4-9-20(23)28/h2-9,12-13,18H,10-11,14-15H2,1H3,(H,29,33)(H,30,35)(H,31,37)(H,32,36)/b5-2+/t18-/m0/s1. The Morgan fingerprint density at radius 2 is 1.86 bits per heavy atom. The number of allylic oxidation sites excluding steroid dienone is 1. The molecule has 2 aromatic carbocycles. The first kappa shape index (κ1) is 26.4. The van der Waals surface area contributed by atoms with Gasteiger partial charge in [-0.2, -0.15) is 5.10 Å². The van der Waals surface area contributed by atoms with Crippen molar-refractivity contribution in [1.29, 1.82) is 0 Å². The van der Waals surface area contributed by atoms with Crippen molar-refractivity contribution in [2.45, 2.75) is 25.9 Å². The van der Waals surface area contributed by atoms with Crippen molar-refractivity contribution in [3.05, 3.63) is 87.7 Å². The molecule has 0 radical (unpaired) electrons. The molecule has 1 aromatic heterocycles. The first-order valence-corrected chi connectivity index (χ1v) is 12.4. The maximum atomic E-state index is 13.0. The van der Waals surface area contributed by atoms with E-state index < -0.39 is 5.91 Å². The monoisotopic (exact) mass is 540 g/mol. The average Bonchev–Trinajstić information content (AvgIpc) is 3.48. The van der Waals surface area contributed by atoms with E-state index in [1.165, 1.54) is 12.3 Å². The number of carbonyl (C=O) groups excluding carboxylic acids is 3. The number of anilines is 2. The van der Waals surface area contributed by atoms with Crippen molar-refractivity contribution >= 4 is 52.3 Å². The van der Waals surface area contributed by atoms with E-state index in [0.29, 0.717) is 13.1 Å². The number of H-pyrrole nitrogens is 1. The molecular formula is C26H26Cl2N6O3. The molecule has 192 valence electrons. The Labute approximate surface area is 224 Å². The molecular weight excluding hydrogens is 515 g/mol. The van der Waals surface area contributed by atoms with Gasteiger partial charge in [0, 0.05) is 31.4 Å². The molecule has 3 amide bonds. The zero-order valence-electron chi connectivity index (χ0n) is 20.1. The Hall–Kier alpha value is -3.66. The summed E-state index contributed by atoms with van der Waals surface area (Å²) in [7, 11) is 0. The number of hydrogen-bond acceptors (Lipinski definition) is 5. The van der Waals surface area contributed by atoms with Crippen LogP contribution < -0.4 is 16.0 Å². The molecule has 0 bridgehead atoms. The van der Waals surface area contributed by atoms with Crippen molar-refractivity contribution in [1.82, 2.24) is 20.4 Å². The zero-order chi connectivity index (χ0) is 26.4. The van der Waals surface area contributed by atoms with E-state index in [9.17, 15) is 14.4 Å². The lowest BCUT2D eigenvalue weighted by atomic mass is 10.2. The third-order valence-electron chi connectivity index (χ3n) is 5.83. The van der Waals surface area contributed by atoms with Gasteiger partial charge in [-0.1, -0.05) is 47.5 Å². The summed E-state index contributed by atoms with van der Waals surface area (Å²) in [5, 5.41) is 15.5. The number of amides is 3. The maximum absolute atomic E-state index is 13.0. The summed E-state index contributed by atoms with van der Waals surface area (Å²) in [5.41, 5.74) is 2.28. The number of nitrogens with zero attached hydrogens (tertiary/aromatic N) is 2. The molecule has 1 saturated heterocycles. The normalized spacial score (nSPS) is 15.6. The number of aromatic nitrogens is 2. The van der Waals surface area contributed by atoms with Crippen LogP contribution in [-0.2, 0) is 11.3 Å². The molecule has 0 saturated carbocycles. The van der Waals surface area contributed by atoms with Crippen LogP contribution in [0.1, 0.15) is 39.8 Å². The summed E-state index contributed by atoms with van der Waals surface area (Å²) in [6.45, 7) is 3.94. The Morgan fingerprint density at radius 1 is 1.11 bits per heavy atom. The number of nitrogens with one attached hydrogen (secondary N) is 4. The molecule has 3 aromatic rings. The van der Waals surface area contributed by atoms with E-state index in [-0.39, 0.29) is 44.8 Å². The minimum Gasteiger partial charge on any atom is -0.347 e. The molecule has 2 heterocycles. The minimum absolute atomic E-state index is 0.0741. The highest BCUT2D eigenvalue weighted by Crippen LogP contribution is 2.26. The van der Waals surface area contributed by atoms with Crippen molar-refractivity contribution in [2.75, 3.05) is 23.7 Å². The fourth-order valence-corrected chi connectivity index (χ4v) is 4.72. The highest BCUT2D eigenvalue weighted by molar-refractivity contribution is 6.40. The van der Waals surface area contributed by atoms with Gasteiger partial charge in [0.1, 0.15) is 5.69 Å². The third kappa shape index (κ3) is 6.76. The van der Waals surface area contributed by atoms with Crippen LogP contribution in [0.4, 0.5) is 11.4 Å². The van der Waals surface area contributed by atoms with Gasteiger partial charge >= 0.3 is 0 Å². The van der Waals surface area contributed by atoms with E-state index in [1.807, 2.05) is 24.3 Å². The molecule has 1 aliphatic heterocycles. The number of benzene rings is 2.